The summed E-state index contributed by atoms with van der Waals surface area (Å²) >= 11 is 0. The minimum atomic E-state index is -4.09. The van der Waals surface area contributed by atoms with Gasteiger partial charge in [0.25, 0.3) is 5.69 Å². The highest BCUT2D eigenvalue weighted by molar-refractivity contribution is 7.89. The highest BCUT2D eigenvalue weighted by atomic mass is 32.2. The molecule has 1 atom stereocenters. The number of nitrogens with zero attached hydrogens (tertiary/aromatic N) is 1. The minimum absolute atomic E-state index is 0.378. The number of hydrogen-bond donors (Lipinski definition) is 1. The van der Waals surface area contributed by atoms with Crippen LogP contribution in [0.2, 0.25) is 0 Å². The van der Waals surface area contributed by atoms with Crippen molar-refractivity contribution >= 4 is 21.5 Å². The smallest absolute Gasteiger partial charge is 0.289 e. The van der Waals surface area contributed by atoms with Gasteiger partial charge in [0.2, 0.25) is 10.0 Å². The zero-order valence-electron chi connectivity index (χ0n) is 9.78. The van der Waals surface area contributed by atoms with E-state index in [1.165, 1.54) is 26.0 Å². The van der Waals surface area contributed by atoms with Gasteiger partial charge in [0.05, 0.1) is 11.0 Å². The Labute approximate surface area is 104 Å². The Bertz CT molecular complexity index is 582. The molecule has 0 amide bonds. The summed E-state index contributed by atoms with van der Waals surface area (Å²) in [5.41, 5.74) is -0.527. The van der Waals surface area contributed by atoms with Crippen molar-refractivity contribution in [2.24, 2.45) is 0 Å². The lowest BCUT2D eigenvalue weighted by Crippen LogP contribution is -2.37. The molecule has 0 radical (unpaired) electrons. The predicted molar refractivity (Wildman–Crippen MR) is 63.6 cm³/mol. The molecule has 0 fully saturated rings. The van der Waals surface area contributed by atoms with E-state index in [-0.39, 0.29) is 5.78 Å². The second-order valence-corrected chi connectivity index (χ2v) is 5.36. The van der Waals surface area contributed by atoms with Crippen LogP contribution in [0.4, 0.5) is 5.69 Å². The molecule has 8 heteroatoms. The van der Waals surface area contributed by atoms with E-state index in [9.17, 15) is 23.3 Å². The number of nitrogens with one attached hydrogen (secondary N) is 1. The number of sulfonamides is 1. The van der Waals surface area contributed by atoms with Crippen molar-refractivity contribution < 1.29 is 18.1 Å². The lowest BCUT2D eigenvalue weighted by molar-refractivity contribution is -0.387. The van der Waals surface area contributed by atoms with Crippen LogP contribution >= 0.6 is 0 Å². The molecule has 0 saturated carbocycles. The Balaban J connectivity index is 3.21. The van der Waals surface area contributed by atoms with Crippen LogP contribution in [0.5, 0.6) is 0 Å². The summed E-state index contributed by atoms with van der Waals surface area (Å²) in [7, 11) is -4.09. The predicted octanol–water partition coefficient (Wildman–Crippen LogP) is 0.851. The highest BCUT2D eigenvalue weighted by Gasteiger charge is 2.27. The molecular formula is C10H12N2O5S. The number of carbonyl (C=O) groups excluding carboxylic acids is 1. The van der Waals surface area contributed by atoms with E-state index in [4.69, 9.17) is 0 Å². The Morgan fingerprint density at radius 3 is 2.44 bits per heavy atom. The zero-order chi connectivity index (χ0) is 13.9. The third-order valence-electron chi connectivity index (χ3n) is 2.29. The fraction of sp³-hybridized carbons (Fsp3) is 0.300. The highest BCUT2D eigenvalue weighted by Crippen LogP contribution is 2.22. The van der Waals surface area contributed by atoms with Gasteiger partial charge in [-0.2, -0.15) is 0 Å². The fourth-order valence-corrected chi connectivity index (χ4v) is 2.65. The van der Waals surface area contributed by atoms with Gasteiger partial charge < -0.3 is 0 Å². The molecule has 1 rings (SSSR count). The summed E-state index contributed by atoms with van der Waals surface area (Å²) in [5.74, 6) is -0.378. The Morgan fingerprint density at radius 1 is 1.39 bits per heavy atom. The maximum Gasteiger partial charge on any atom is 0.289 e. The summed E-state index contributed by atoms with van der Waals surface area (Å²) in [4.78, 5) is 20.5. The Morgan fingerprint density at radius 2 is 1.94 bits per heavy atom. The quantitative estimate of drug-likeness (QED) is 0.631. The zero-order valence-corrected chi connectivity index (χ0v) is 10.6. The molecular weight excluding hydrogens is 260 g/mol. The van der Waals surface area contributed by atoms with Crippen LogP contribution in [0, 0.1) is 10.1 Å². The maximum atomic E-state index is 11.9. The standard InChI is InChI=1S/C10H12N2O5S/c1-7(8(2)13)11-18(16,17)10-6-4-3-5-9(10)12(14)15/h3-7,11H,1-2H3. The van der Waals surface area contributed by atoms with E-state index in [1.807, 2.05) is 0 Å². The summed E-state index contributed by atoms with van der Waals surface area (Å²) in [5, 5.41) is 10.7. The van der Waals surface area contributed by atoms with E-state index < -0.39 is 31.6 Å². The molecule has 0 aliphatic rings. The molecule has 0 bridgehead atoms. The molecule has 7 nitrogen and oxygen atoms in total. The first-order valence-corrected chi connectivity index (χ1v) is 6.50. The third-order valence-corrected chi connectivity index (χ3v) is 3.88. The lowest BCUT2D eigenvalue weighted by atomic mass is 10.3. The van der Waals surface area contributed by atoms with E-state index in [0.717, 1.165) is 12.1 Å². The molecule has 18 heavy (non-hydrogen) atoms. The summed E-state index contributed by atoms with van der Waals surface area (Å²) < 4.78 is 25.9. The monoisotopic (exact) mass is 272 g/mol. The van der Waals surface area contributed by atoms with Crippen molar-refractivity contribution in [2.45, 2.75) is 24.8 Å². The van der Waals surface area contributed by atoms with Gasteiger partial charge in [-0.3, -0.25) is 14.9 Å². The average Bonchev–Trinajstić information content (AvgIpc) is 2.28. The molecule has 0 spiro atoms. The maximum absolute atomic E-state index is 11.9. The van der Waals surface area contributed by atoms with Crippen LogP contribution in [0.1, 0.15) is 13.8 Å². The number of benzene rings is 1. The van der Waals surface area contributed by atoms with Crippen molar-refractivity contribution in [1.29, 1.82) is 0 Å². The second-order valence-electron chi connectivity index (χ2n) is 3.68. The van der Waals surface area contributed by atoms with Crippen LogP contribution < -0.4 is 4.72 Å². The first kappa shape index (κ1) is 14.3. The number of carbonyl (C=O) groups is 1. The van der Waals surface area contributed by atoms with Crippen LogP contribution in [-0.2, 0) is 14.8 Å². The normalized spacial score (nSPS) is 13.0. The number of hydrogen-bond acceptors (Lipinski definition) is 5. The van der Waals surface area contributed by atoms with E-state index in [2.05, 4.69) is 4.72 Å². The first-order valence-electron chi connectivity index (χ1n) is 5.02. The van der Waals surface area contributed by atoms with E-state index in [1.54, 1.807) is 0 Å². The van der Waals surface area contributed by atoms with Gasteiger partial charge in [-0.05, 0) is 19.9 Å². The number of nitro benzene ring substituents is 1. The number of nitro groups is 1. The van der Waals surface area contributed by atoms with Gasteiger partial charge in [-0.1, -0.05) is 12.1 Å². The van der Waals surface area contributed by atoms with Gasteiger partial charge in [-0.15, -0.1) is 0 Å². The fourth-order valence-electron chi connectivity index (χ4n) is 1.21. The van der Waals surface area contributed by atoms with Gasteiger partial charge in [0.15, 0.2) is 4.90 Å². The number of Topliss-reactive ketones (excluding diaryl/α,β-unsaturated/α-hetero) is 1. The molecule has 1 aromatic rings. The molecule has 0 aliphatic carbocycles. The van der Waals surface area contributed by atoms with Crippen molar-refractivity contribution in [2.75, 3.05) is 0 Å². The molecule has 1 unspecified atom stereocenters. The average molecular weight is 272 g/mol. The van der Waals surface area contributed by atoms with Gasteiger partial charge in [-0.25, -0.2) is 13.1 Å². The third kappa shape index (κ3) is 3.11. The van der Waals surface area contributed by atoms with E-state index >= 15 is 0 Å². The van der Waals surface area contributed by atoms with Crippen LogP contribution in [0.15, 0.2) is 29.2 Å². The SMILES string of the molecule is CC(=O)C(C)NS(=O)(=O)c1ccccc1[N+](=O)[O-]. The van der Waals surface area contributed by atoms with Crippen molar-refractivity contribution in [3.05, 3.63) is 34.4 Å². The molecule has 0 heterocycles. The van der Waals surface area contributed by atoms with Crippen LogP contribution in [0.25, 0.3) is 0 Å². The minimum Gasteiger partial charge on any atom is -0.298 e. The molecule has 0 aliphatic heterocycles. The van der Waals surface area contributed by atoms with Crippen molar-refractivity contribution in [1.82, 2.24) is 4.72 Å². The molecule has 1 N–H and O–H groups in total. The molecule has 1 aromatic carbocycles. The largest absolute Gasteiger partial charge is 0.298 e. The Hall–Kier alpha value is -1.80. The van der Waals surface area contributed by atoms with E-state index in [0.29, 0.717) is 0 Å². The van der Waals surface area contributed by atoms with Crippen molar-refractivity contribution in [3.63, 3.8) is 0 Å². The number of para-hydroxylation sites is 1. The van der Waals surface area contributed by atoms with Crippen LogP contribution in [0.3, 0.4) is 0 Å². The Kier molecular flexibility index (Phi) is 4.15. The second kappa shape index (κ2) is 5.23. The van der Waals surface area contributed by atoms with Gasteiger partial charge in [0.1, 0.15) is 5.78 Å². The lowest BCUT2D eigenvalue weighted by Gasteiger charge is -2.11. The summed E-state index contributed by atoms with van der Waals surface area (Å²) in [6.07, 6.45) is 0. The summed E-state index contributed by atoms with van der Waals surface area (Å²) in [6, 6.07) is 4.01. The molecule has 98 valence electrons. The molecule has 0 saturated heterocycles. The van der Waals surface area contributed by atoms with Crippen molar-refractivity contribution in [3.8, 4) is 0 Å². The van der Waals surface area contributed by atoms with Gasteiger partial charge >= 0.3 is 0 Å². The topological polar surface area (TPSA) is 106 Å². The number of rotatable bonds is 5. The number of ketones is 1. The summed E-state index contributed by atoms with van der Waals surface area (Å²) in [6.45, 7) is 2.60. The van der Waals surface area contributed by atoms with Crippen LogP contribution in [-0.4, -0.2) is 25.2 Å². The molecule has 0 aromatic heterocycles. The van der Waals surface area contributed by atoms with Gasteiger partial charge in [0, 0.05) is 6.07 Å². The first-order chi connectivity index (χ1) is 8.25.